The van der Waals surface area contributed by atoms with E-state index in [1.807, 2.05) is 0 Å². The highest BCUT2D eigenvalue weighted by Crippen LogP contribution is 2.20. The lowest BCUT2D eigenvalue weighted by molar-refractivity contribution is -0.142. The topological polar surface area (TPSA) is 64.6 Å². The van der Waals surface area contributed by atoms with Crippen LogP contribution in [0.5, 0.6) is 5.75 Å². The highest BCUT2D eigenvalue weighted by atomic mass is 35.5. The van der Waals surface area contributed by atoms with Crippen LogP contribution >= 0.6 is 11.6 Å². The number of carbonyl (C=O) groups is 2. The third-order valence-electron chi connectivity index (χ3n) is 3.08. The molecule has 0 bridgehead atoms. The molecule has 1 N–H and O–H groups in total. The SMILES string of the molecule is COc1ccc(/C=C/C(=O)OCC(=O)Nc2ccccc2Cl)cc1F. The van der Waals surface area contributed by atoms with Crippen molar-refractivity contribution in [2.45, 2.75) is 0 Å². The molecule has 0 aromatic heterocycles. The monoisotopic (exact) mass is 363 g/mol. The van der Waals surface area contributed by atoms with Crippen LogP contribution in [-0.2, 0) is 14.3 Å². The van der Waals surface area contributed by atoms with Gasteiger partial charge >= 0.3 is 5.97 Å². The van der Waals surface area contributed by atoms with Crippen molar-refractivity contribution in [1.82, 2.24) is 0 Å². The van der Waals surface area contributed by atoms with Gasteiger partial charge in [0.1, 0.15) is 0 Å². The third kappa shape index (κ3) is 5.61. The van der Waals surface area contributed by atoms with Gasteiger partial charge in [0.2, 0.25) is 0 Å². The van der Waals surface area contributed by atoms with Crippen LogP contribution in [0.15, 0.2) is 48.5 Å². The van der Waals surface area contributed by atoms with Crippen molar-refractivity contribution in [3.8, 4) is 5.75 Å². The number of nitrogens with one attached hydrogen (secondary N) is 1. The number of hydrogen-bond donors (Lipinski definition) is 1. The van der Waals surface area contributed by atoms with Gasteiger partial charge < -0.3 is 14.8 Å². The van der Waals surface area contributed by atoms with Gasteiger partial charge in [-0.05, 0) is 35.9 Å². The van der Waals surface area contributed by atoms with Gasteiger partial charge in [-0.2, -0.15) is 0 Å². The minimum atomic E-state index is -0.731. The van der Waals surface area contributed by atoms with Crippen LogP contribution in [0, 0.1) is 5.82 Å². The summed E-state index contributed by atoms with van der Waals surface area (Å²) < 4.78 is 23.1. The molecule has 5 nitrogen and oxygen atoms in total. The Bertz CT molecular complexity index is 807. The fourth-order valence-corrected chi connectivity index (χ4v) is 2.07. The lowest BCUT2D eigenvalue weighted by Crippen LogP contribution is -2.20. The summed E-state index contributed by atoms with van der Waals surface area (Å²) in [4.78, 5) is 23.3. The normalized spacial score (nSPS) is 10.5. The minimum absolute atomic E-state index is 0.107. The Labute approximate surface area is 149 Å². The zero-order valence-corrected chi connectivity index (χ0v) is 14.0. The summed E-state index contributed by atoms with van der Waals surface area (Å²) in [6.45, 7) is -0.467. The van der Waals surface area contributed by atoms with E-state index in [2.05, 4.69) is 5.32 Å². The summed E-state index contributed by atoms with van der Waals surface area (Å²) in [6, 6.07) is 10.9. The number of carbonyl (C=O) groups excluding carboxylic acids is 2. The Balaban J connectivity index is 1.85. The second-order valence-corrected chi connectivity index (χ2v) is 5.27. The first-order valence-electron chi connectivity index (χ1n) is 7.22. The number of ether oxygens (including phenoxy) is 2. The first-order chi connectivity index (χ1) is 12.0. The van der Waals surface area contributed by atoms with E-state index < -0.39 is 24.3 Å². The van der Waals surface area contributed by atoms with Gasteiger partial charge in [-0.3, -0.25) is 4.79 Å². The predicted octanol–water partition coefficient (Wildman–Crippen LogP) is 3.68. The van der Waals surface area contributed by atoms with Crippen LogP contribution in [0.2, 0.25) is 5.02 Å². The maximum Gasteiger partial charge on any atom is 0.331 e. The average Bonchev–Trinajstić information content (AvgIpc) is 2.60. The number of benzene rings is 2. The van der Waals surface area contributed by atoms with Crippen molar-refractivity contribution in [1.29, 1.82) is 0 Å². The second kappa shape index (κ2) is 8.84. The number of amides is 1. The first-order valence-corrected chi connectivity index (χ1v) is 7.60. The molecule has 0 atom stereocenters. The molecule has 0 saturated carbocycles. The minimum Gasteiger partial charge on any atom is -0.494 e. The van der Waals surface area contributed by atoms with E-state index in [-0.39, 0.29) is 5.75 Å². The second-order valence-electron chi connectivity index (χ2n) is 4.86. The Hall–Kier alpha value is -2.86. The summed E-state index contributed by atoms with van der Waals surface area (Å²) in [5.41, 5.74) is 0.880. The van der Waals surface area contributed by atoms with Crippen molar-refractivity contribution in [3.05, 3.63) is 64.9 Å². The Kier molecular flexibility index (Phi) is 6.54. The molecule has 0 aliphatic rings. The van der Waals surface area contributed by atoms with Gasteiger partial charge in [0.05, 0.1) is 17.8 Å². The average molecular weight is 364 g/mol. The maximum absolute atomic E-state index is 13.5. The molecule has 0 fully saturated rings. The van der Waals surface area contributed by atoms with Crippen LogP contribution in [-0.4, -0.2) is 25.6 Å². The Morgan fingerprint density at radius 1 is 1.24 bits per heavy atom. The molecule has 1 amide bonds. The predicted molar refractivity (Wildman–Crippen MR) is 93.0 cm³/mol. The number of methoxy groups -OCH3 is 1. The van der Waals surface area contributed by atoms with E-state index in [1.54, 1.807) is 30.3 Å². The van der Waals surface area contributed by atoms with E-state index in [4.69, 9.17) is 21.1 Å². The molecule has 0 heterocycles. The summed E-state index contributed by atoms with van der Waals surface area (Å²) in [7, 11) is 1.36. The molecule has 0 saturated heterocycles. The van der Waals surface area contributed by atoms with Crippen molar-refractivity contribution in [3.63, 3.8) is 0 Å². The standard InChI is InChI=1S/C18H15ClFNO4/c1-24-16-8-6-12(10-14(16)20)7-9-18(23)25-11-17(22)21-15-5-3-2-4-13(15)19/h2-10H,11H2,1H3,(H,21,22)/b9-7+. The molecular weight excluding hydrogens is 349 g/mol. The fourth-order valence-electron chi connectivity index (χ4n) is 1.88. The van der Waals surface area contributed by atoms with Crippen LogP contribution in [0.1, 0.15) is 5.56 Å². The van der Waals surface area contributed by atoms with Crippen LogP contribution < -0.4 is 10.1 Å². The molecule has 0 unspecified atom stereocenters. The van der Waals surface area contributed by atoms with Gasteiger partial charge in [0, 0.05) is 6.08 Å². The van der Waals surface area contributed by atoms with E-state index in [9.17, 15) is 14.0 Å². The largest absolute Gasteiger partial charge is 0.494 e. The lowest BCUT2D eigenvalue weighted by Gasteiger charge is -2.06. The molecular formula is C18H15ClFNO4. The van der Waals surface area contributed by atoms with Gasteiger partial charge in [-0.1, -0.05) is 29.8 Å². The quantitative estimate of drug-likeness (QED) is 0.628. The number of para-hydroxylation sites is 1. The van der Waals surface area contributed by atoms with E-state index in [0.717, 1.165) is 6.08 Å². The van der Waals surface area contributed by atoms with E-state index in [0.29, 0.717) is 16.3 Å². The van der Waals surface area contributed by atoms with Crippen LogP contribution in [0.3, 0.4) is 0 Å². The third-order valence-corrected chi connectivity index (χ3v) is 3.41. The highest BCUT2D eigenvalue weighted by Gasteiger charge is 2.08. The van der Waals surface area contributed by atoms with Crippen LogP contribution in [0.25, 0.3) is 6.08 Å². The molecule has 25 heavy (non-hydrogen) atoms. The molecule has 0 spiro atoms. The molecule has 7 heteroatoms. The highest BCUT2D eigenvalue weighted by molar-refractivity contribution is 6.33. The van der Waals surface area contributed by atoms with Gasteiger partial charge in [-0.15, -0.1) is 0 Å². The number of rotatable bonds is 6. The molecule has 130 valence electrons. The molecule has 0 aliphatic carbocycles. The zero-order chi connectivity index (χ0) is 18.2. The number of esters is 1. The molecule has 2 aromatic rings. The fraction of sp³-hybridized carbons (Fsp3) is 0.111. The summed E-state index contributed by atoms with van der Waals surface area (Å²) in [5.74, 6) is -1.69. The maximum atomic E-state index is 13.5. The number of anilines is 1. The molecule has 0 aliphatic heterocycles. The molecule has 0 radical (unpaired) electrons. The Morgan fingerprint density at radius 3 is 2.68 bits per heavy atom. The van der Waals surface area contributed by atoms with E-state index in [1.165, 1.54) is 25.3 Å². The van der Waals surface area contributed by atoms with Crippen molar-refractivity contribution in [2.75, 3.05) is 19.0 Å². The summed E-state index contributed by atoms with van der Waals surface area (Å²) in [5, 5.41) is 2.90. The summed E-state index contributed by atoms with van der Waals surface area (Å²) in [6.07, 6.45) is 2.47. The number of halogens is 2. The van der Waals surface area contributed by atoms with E-state index >= 15 is 0 Å². The summed E-state index contributed by atoms with van der Waals surface area (Å²) >= 11 is 5.91. The van der Waals surface area contributed by atoms with Crippen molar-refractivity contribution in [2.24, 2.45) is 0 Å². The van der Waals surface area contributed by atoms with Gasteiger partial charge in [0.25, 0.3) is 5.91 Å². The van der Waals surface area contributed by atoms with Crippen molar-refractivity contribution >= 4 is 35.2 Å². The van der Waals surface area contributed by atoms with Crippen LogP contribution in [0.4, 0.5) is 10.1 Å². The smallest absolute Gasteiger partial charge is 0.331 e. The zero-order valence-electron chi connectivity index (χ0n) is 13.3. The van der Waals surface area contributed by atoms with Gasteiger partial charge in [0.15, 0.2) is 18.2 Å². The lowest BCUT2D eigenvalue weighted by atomic mass is 10.2. The number of hydrogen-bond acceptors (Lipinski definition) is 4. The molecule has 2 aromatic carbocycles. The van der Waals surface area contributed by atoms with Crippen molar-refractivity contribution < 1.29 is 23.5 Å². The Morgan fingerprint density at radius 2 is 2.00 bits per heavy atom. The molecule has 2 rings (SSSR count). The first kappa shape index (κ1) is 18.5. The van der Waals surface area contributed by atoms with Gasteiger partial charge in [-0.25, -0.2) is 9.18 Å².